The molecule has 1 radical (unpaired) electrons. The summed E-state index contributed by atoms with van der Waals surface area (Å²) in [6.45, 7) is 2.26. The predicted molar refractivity (Wildman–Crippen MR) is 251 cm³/mol. The van der Waals surface area contributed by atoms with Crippen LogP contribution in [0.1, 0.15) is 74.9 Å². The summed E-state index contributed by atoms with van der Waals surface area (Å²) in [5.41, 5.74) is 13.8. The van der Waals surface area contributed by atoms with Crippen molar-refractivity contribution < 1.29 is 51.0 Å². The summed E-state index contributed by atoms with van der Waals surface area (Å²) in [6.07, 6.45) is 1.06. The SMILES string of the molecule is C(#Cc1ccc2c(c1)[cH-]c1cc(C#Cc3ccccc3)ccc12)c1ccccc1.CCC1c2cc(C#Cc3ccccc3)ccc2-c2ccc(C#Cc3ccccc3)cc21.[Cl-].[Cl-].[Zr+3]. The molecule has 0 nitrogen and oxygen atoms in total. The van der Waals surface area contributed by atoms with E-state index in [2.05, 4.69) is 133 Å². The summed E-state index contributed by atoms with van der Waals surface area (Å²) < 4.78 is 0. The summed E-state index contributed by atoms with van der Waals surface area (Å²) in [7, 11) is 0. The van der Waals surface area contributed by atoms with Crippen LogP contribution in [-0.4, -0.2) is 0 Å². The van der Waals surface area contributed by atoms with Crippen molar-refractivity contribution in [2.24, 2.45) is 0 Å². The van der Waals surface area contributed by atoms with E-state index in [1.54, 1.807) is 0 Å². The van der Waals surface area contributed by atoms with E-state index < -0.39 is 0 Å². The molecule has 0 atom stereocenters. The molecule has 10 rings (SSSR count). The third-order valence-corrected chi connectivity index (χ3v) is 10.8. The second-order valence-corrected chi connectivity index (χ2v) is 14.8. The van der Waals surface area contributed by atoms with Gasteiger partial charge in [-0.2, -0.15) is 0 Å². The molecule has 0 N–H and O–H groups in total. The van der Waals surface area contributed by atoms with E-state index >= 15 is 0 Å². The Morgan fingerprint density at radius 2 is 0.635 bits per heavy atom. The molecule has 0 amide bonds. The van der Waals surface area contributed by atoms with Gasteiger partial charge in [0.2, 0.25) is 0 Å². The molecule has 3 heteroatoms. The van der Waals surface area contributed by atoms with E-state index in [1.807, 2.05) is 121 Å². The number of hydrogen-bond donors (Lipinski definition) is 0. The quantitative estimate of drug-likeness (QED) is 0.118. The van der Waals surface area contributed by atoms with Crippen LogP contribution in [0.3, 0.4) is 0 Å². The van der Waals surface area contributed by atoms with E-state index in [4.69, 9.17) is 0 Å². The molecular weight excluding hydrogens is 883 g/mol. The number of fused-ring (bicyclic) bond motifs is 6. The van der Waals surface area contributed by atoms with Crippen molar-refractivity contribution >= 4 is 21.5 Å². The molecule has 0 heterocycles. The van der Waals surface area contributed by atoms with Gasteiger partial charge in [-0.3, -0.25) is 0 Å². The maximum absolute atomic E-state index is 3.34. The second kappa shape index (κ2) is 21.9. The van der Waals surface area contributed by atoms with Crippen molar-refractivity contribution in [1.82, 2.24) is 0 Å². The minimum atomic E-state index is 0. The summed E-state index contributed by atoms with van der Waals surface area (Å²) in [5, 5.41) is 4.95. The van der Waals surface area contributed by atoms with E-state index in [0.717, 1.165) is 50.9 Å². The van der Waals surface area contributed by atoms with Gasteiger partial charge >= 0.3 is 26.2 Å². The molecule has 63 heavy (non-hydrogen) atoms. The summed E-state index contributed by atoms with van der Waals surface area (Å²) >= 11 is 0. The molecule has 0 unspecified atom stereocenters. The monoisotopic (exact) mass is 919 g/mol. The van der Waals surface area contributed by atoms with Crippen LogP contribution in [-0.2, 0) is 26.2 Å². The van der Waals surface area contributed by atoms with Crippen molar-refractivity contribution in [3.63, 3.8) is 0 Å². The summed E-state index contributed by atoms with van der Waals surface area (Å²) in [6, 6.07) is 68.8. The van der Waals surface area contributed by atoms with Crippen LogP contribution >= 0.6 is 0 Å². The standard InChI is InChI=1S/C31H22.C29H17.2ClH.Zr/c1-2-27-30-21-25(15-13-23-9-5-3-6-10-23)17-19-28(30)29-20-18-26(22-31(27)29)16-14-24-11-7-4-8-12-24;1-3-7-22(8-4-1)11-13-24-15-17-28-26(19-24)21-27-20-25(16-18-29(27)28)14-12-23-9-5-2-6-10-23;;;/h3-12,17-22,27H,2H2,1H3;1-10,15-21H;2*1H;/q;-1;;;+3/p-2. The molecule has 1 aliphatic rings. The Hall–Kier alpha value is -6.67. The van der Waals surface area contributed by atoms with Gasteiger partial charge in [0.05, 0.1) is 0 Å². The van der Waals surface area contributed by atoms with Crippen LogP contribution in [0.2, 0.25) is 0 Å². The van der Waals surface area contributed by atoms with Gasteiger partial charge in [-0.05, 0) is 113 Å². The topological polar surface area (TPSA) is 0 Å². The Bertz CT molecular complexity index is 3030. The first-order valence-corrected chi connectivity index (χ1v) is 20.4. The zero-order valence-electron chi connectivity index (χ0n) is 34.6. The zero-order valence-corrected chi connectivity index (χ0v) is 38.6. The fraction of sp³-hybridized carbons (Fsp3) is 0.0500. The molecule has 1 aliphatic carbocycles. The Kier molecular flexibility index (Phi) is 16.0. The smallest absolute Gasteiger partial charge is 1.00 e. The molecule has 0 saturated carbocycles. The third-order valence-electron chi connectivity index (χ3n) is 10.8. The minimum absolute atomic E-state index is 0. The fourth-order valence-electron chi connectivity index (χ4n) is 7.80. The number of benzene rings is 8. The van der Waals surface area contributed by atoms with Gasteiger partial charge in [-0.25, -0.2) is 0 Å². The van der Waals surface area contributed by atoms with Crippen LogP contribution in [0.4, 0.5) is 0 Å². The van der Waals surface area contributed by atoms with Gasteiger partial charge < -0.3 is 24.8 Å². The first-order chi connectivity index (χ1) is 29.7. The first-order valence-electron chi connectivity index (χ1n) is 20.4. The second-order valence-electron chi connectivity index (χ2n) is 14.8. The molecule has 0 spiro atoms. The van der Waals surface area contributed by atoms with Gasteiger partial charge in [0.15, 0.2) is 0 Å². The van der Waals surface area contributed by atoms with Crippen LogP contribution in [0.25, 0.3) is 32.7 Å². The maximum atomic E-state index is 3.34. The normalized spacial score (nSPS) is 10.4. The Labute approximate surface area is 403 Å². The summed E-state index contributed by atoms with van der Waals surface area (Å²) in [5.74, 6) is 26.6. The van der Waals surface area contributed by atoms with E-state index in [-0.39, 0.29) is 51.0 Å². The Morgan fingerprint density at radius 1 is 0.349 bits per heavy atom. The molecule has 0 aromatic heterocycles. The predicted octanol–water partition coefficient (Wildman–Crippen LogP) is 7.53. The van der Waals surface area contributed by atoms with Gasteiger partial charge in [0.25, 0.3) is 0 Å². The van der Waals surface area contributed by atoms with Crippen molar-refractivity contribution in [2.45, 2.75) is 19.3 Å². The van der Waals surface area contributed by atoms with Crippen molar-refractivity contribution in [1.29, 1.82) is 0 Å². The third kappa shape index (κ3) is 11.1. The minimum Gasteiger partial charge on any atom is -1.00 e. The maximum Gasteiger partial charge on any atom is 3.00 e. The molecule has 0 fully saturated rings. The first kappa shape index (κ1) is 45.9. The Balaban J connectivity index is 0.000000201. The fourth-order valence-corrected chi connectivity index (χ4v) is 7.80. The van der Waals surface area contributed by atoms with Gasteiger partial charge in [0.1, 0.15) is 0 Å². The number of hydrogen-bond acceptors (Lipinski definition) is 0. The van der Waals surface area contributed by atoms with Gasteiger partial charge in [-0.15, -0.1) is 39.7 Å². The van der Waals surface area contributed by atoms with Gasteiger partial charge in [-0.1, -0.05) is 163 Å². The summed E-state index contributed by atoms with van der Waals surface area (Å²) in [4.78, 5) is 0. The molecular formula is C60H39Cl2Zr. The van der Waals surface area contributed by atoms with E-state index in [0.29, 0.717) is 5.92 Å². The van der Waals surface area contributed by atoms with E-state index in [9.17, 15) is 0 Å². The average Bonchev–Trinajstić information content (AvgIpc) is 3.84. The number of halogens is 2. The molecule has 0 aliphatic heterocycles. The van der Waals surface area contributed by atoms with Crippen molar-refractivity contribution in [3.8, 4) is 58.5 Å². The van der Waals surface area contributed by atoms with Crippen LogP contribution in [0, 0.1) is 47.4 Å². The molecule has 0 saturated heterocycles. The van der Waals surface area contributed by atoms with Crippen molar-refractivity contribution in [3.05, 3.63) is 256 Å². The van der Waals surface area contributed by atoms with E-state index in [1.165, 1.54) is 43.8 Å². The average molecular weight is 922 g/mol. The van der Waals surface area contributed by atoms with Crippen LogP contribution in [0.15, 0.2) is 200 Å². The zero-order chi connectivity index (χ0) is 40.5. The van der Waals surface area contributed by atoms with Crippen molar-refractivity contribution in [2.75, 3.05) is 0 Å². The van der Waals surface area contributed by atoms with Gasteiger partial charge in [0, 0.05) is 39.3 Å². The number of rotatable bonds is 1. The van der Waals surface area contributed by atoms with Crippen LogP contribution in [0.5, 0.6) is 0 Å². The largest absolute Gasteiger partial charge is 3.00 e. The van der Waals surface area contributed by atoms with Crippen LogP contribution < -0.4 is 24.8 Å². The Morgan fingerprint density at radius 3 is 0.952 bits per heavy atom. The molecule has 9 aromatic rings. The molecule has 297 valence electrons. The molecule has 0 bridgehead atoms. The molecule has 9 aromatic carbocycles.